The Labute approximate surface area is 146 Å². The van der Waals surface area contributed by atoms with Gasteiger partial charge in [0.1, 0.15) is 5.75 Å². The van der Waals surface area contributed by atoms with E-state index in [2.05, 4.69) is 15.7 Å². The zero-order valence-corrected chi connectivity index (χ0v) is 14.7. The molecule has 25 heavy (non-hydrogen) atoms. The number of methoxy groups -OCH3 is 1. The van der Waals surface area contributed by atoms with Crippen molar-refractivity contribution < 1.29 is 19.1 Å². The third-order valence-corrected chi connectivity index (χ3v) is 3.22. The van der Waals surface area contributed by atoms with E-state index in [4.69, 9.17) is 9.47 Å². The van der Waals surface area contributed by atoms with Gasteiger partial charge in [0, 0.05) is 25.4 Å². The van der Waals surface area contributed by atoms with Gasteiger partial charge in [0.15, 0.2) is 0 Å². The molecule has 1 aromatic carbocycles. The summed E-state index contributed by atoms with van der Waals surface area (Å²) in [6.45, 7) is 4.08. The van der Waals surface area contributed by atoms with Crippen LogP contribution in [-0.2, 0) is 18.3 Å². The number of carbonyl (C=O) groups excluding carboxylic acids is 2. The zero-order valence-electron chi connectivity index (χ0n) is 14.7. The van der Waals surface area contributed by atoms with E-state index < -0.39 is 12.0 Å². The third-order valence-electron chi connectivity index (χ3n) is 3.22. The first-order valence-corrected chi connectivity index (χ1v) is 7.80. The number of aromatic nitrogens is 2. The number of ether oxygens (including phenoxy) is 2. The number of nitrogens with one attached hydrogen (secondary N) is 2. The smallest absolute Gasteiger partial charge is 0.337 e. The highest BCUT2D eigenvalue weighted by Crippen LogP contribution is 2.27. The summed E-state index contributed by atoms with van der Waals surface area (Å²) in [5.74, 6) is -0.0194. The number of nitrogens with zero attached hydrogens (tertiary/aromatic N) is 2. The minimum atomic E-state index is -0.491. The molecule has 0 spiro atoms. The lowest BCUT2D eigenvalue weighted by Gasteiger charge is -2.16. The Balaban J connectivity index is 2.10. The lowest BCUT2D eigenvalue weighted by atomic mass is 10.2. The van der Waals surface area contributed by atoms with Gasteiger partial charge in [-0.25, -0.2) is 9.59 Å². The number of urea groups is 1. The summed E-state index contributed by atoms with van der Waals surface area (Å²) in [5, 5.41) is 9.47. The van der Waals surface area contributed by atoms with Crippen molar-refractivity contribution >= 4 is 17.7 Å². The van der Waals surface area contributed by atoms with Crippen LogP contribution in [0, 0.1) is 0 Å². The molecule has 0 atom stereocenters. The highest BCUT2D eigenvalue weighted by Gasteiger charge is 2.14. The summed E-state index contributed by atoms with van der Waals surface area (Å²) < 4.78 is 12.0. The second kappa shape index (κ2) is 8.18. The molecule has 1 aromatic heterocycles. The molecule has 134 valence electrons. The van der Waals surface area contributed by atoms with Gasteiger partial charge in [-0.15, -0.1) is 0 Å². The van der Waals surface area contributed by atoms with Gasteiger partial charge < -0.3 is 20.1 Å². The SMILES string of the molecule is COC(=O)c1ccc(OC(C)C)c(NC(=O)NCc2cnn(C)c2)c1. The summed E-state index contributed by atoms with van der Waals surface area (Å²) >= 11 is 0. The molecular weight excluding hydrogens is 324 g/mol. The van der Waals surface area contributed by atoms with Crippen LogP contribution in [-0.4, -0.2) is 35.0 Å². The van der Waals surface area contributed by atoms with Crippen molar-refractivity contribution in [1.29, 1.82) is 0 Å². The van der Waals surface area contributed by atoms with E-state index in [9.17, 15) is 9.59 Å². The highest BCUT2D eigenvalue weighted by molar-refractivity contribution is 5.95. The van der Waals surface area contributed by atoms with E-state index in [1.807, 2.05) is 20.0 Å². The molecule has 0 bridgehead atoms. The van der Waals surface area contributed by atoms with Crippen molar-refractivity contribution in [1.82, 2.24) is 15.1 Å². The van der Waals surface area contributed by atoms with Crippen LogP contribution in [0.3, 0.4) is 0 Å². The molecule has 0 aliphatic rings. The van der Waals surface area contributed by atoms with E-state index >= 15 is 0 Å². The fraction of sp³-hybridized carbons (Fsp3) is 0.353. The van der Waals surface area contributed by atoms with E-state index in [0.29, 0.717) is 23.5 Å². The molecule has 8 nitrogen and oxygen atoms in total. The molecule has 2 aromatic rings. The van der Waals surface area contributed by atoms with Crippen molar-refractivity contribution in [2.24, 2.45) is 7.05 Å². The minimum absolute atomic E-state index is 0.0806. The second-order valence-electron chi connectivity index (χ2n) is 5.70. The summed E-state index contributed by atoms with van der Waals surface area (Å²) in [6, 6.07) is 4.32. The van der Waals surface area contributed by atoms with Crippen LogP contribution in [0.5, 0.6) is 5.75 Å². The molecular formula is C17H22N4O4. The maximum Gasteiger partial charge on any atom is 0.337 e. The maximum absolute atomic E-state index is 12.2. The molecule has 0 fully saturated rings. The Morgan fingerprint density at radius 2 is 2.08 bits per heavy atom. The Bertz CT molecular complexity index is 755. The molecule has 2 rings (SSSR count). The molecule has 1 heterocycles. The van der Waals surface area contributed by atoms with E-state index in [1.54, 1.807) is 30.1 Å². The standard InChI is InChI=1S/C17H22N4O4/c1-11(2)25-15-6-5-13(16(22)24-4)7-14(15)20-17(23)18-8-12-9-19-21(3)10-12/h5-7,9-11H,8H2,1-4H3,(H2,18,20,23). The number of carbonyl (C=O) groups is 2. The molecule has 0 aliphatic carbocycles. The summed E-state index contributed by atoms with van der Waals surface area (Å²) in [7, 11) is 3.10. The van der Waals surface area contributed by atoms with Crippen LogP contribution in [0.2, 0.25) is 0 Å². The van der Waals surface area contributed by atoms with Gasteiger partial charge in [0.25, 0.3) is 0 Å². The topological polar surface area (TPSA) is 94.5 Å². The predicted octanol–water partition coefficient (Wildman–Crippen LogP) is 2.32. The number of anilines is 1. The maximum atomic E-state index is 12.2. The van der Waals surface area contributed by atoms with E-state index in [0.717, 1.165) is 5.56 Å². The largest absolute Gasteiger partial charge is 0.489 e. The number of hydrogen-bond acceptors (Lipinski definition) is 5. The first kappa shape index (κ1) is 18.3. The lowest BCUT2D eigenvalue weighted by molar-refractivity contribution is 0.0600. The van der Waals surface area contributed by atoms with Gasteiger partial charge in [0.05, 0.1) is 30.7 Å². The monoisotopic (exact) mass is 346 g/mol. The number of aryl methyl sites for hydroxylation is 1. The van der Waals surface area contributed by atoms with Crippen LogP contribution in [0.1, 0.15) is 29.8 Å². The van der Waals surface area contributed by atoms with Gasteiger partial charge in [-0.3, -0.25) is 4.68 Å². The normalized spacial score (nSPS) is 10.4. The Morgan fingerprint density at radius 3 is 2.68 bits per heavy atom. The summed E-state index contributed by atoms with van der Waals surface area (Å²) in [5.41, 5.74) is 1.58. The third kappa shape index (κ3) is 5.23. The number of amides is 2. The number of esters is 1. The number of hydrogen-bond donors (Lipinski definition) is 2. The van der Waals surface area contributed by atoms with Crippen molar-refractivity contribution in [2.75, 3.05) is 12.4 Å². The highest BCUT2D eigenvalue weighted by atomic mass is 16.5. The number of benzene rings is 1. The first-order chi connectivity index (χ1) is 11.9. The van der Waals surface area contributed by atoms with Gasteiger partial charge in [-0.2, -0.15) is 5.10 Å². The van der Waals surface area contributed by atoms with Crippen molar-refractivity contribution in [2.45, 2.75) is 26.5 Å². The molecule has 0 saturated heterocycles. The molecule has 2 N–H and O–H groups in total. The van der Waals surface area contributed by atoms with Crippen LogP contribution in [0.25, 0.3) is 0 Å². The zero-order chi connectivity index (χ0) is 18.4. The molecule has 8 heteroatoms. The minimum Gasteiger partial charge on any atom is -0.489 e. The predicted molar refractivity (Wildman–Crippen MR) is 92.6 cm³/mol. The molecule has 0 unspecified atom stereocenters. The average molecular weight is 346 g/mol. The van der Waals surface area contributed by atoms with Crippen molar-refractivity contribution in [3.63, 3.8) is 0 Å². The average Bonchev–Trinajstić information content (AvgIpc) is 2.99. The molecule has 0 saturated carbocycles. The Kier molecular flexibility index (Phi) is 5.99. The second-order valence-corrected chi connectivity index (χ2v) is 5.70. The van der Waals surface area contributed by atoms with Gasteiger partial charge in [0.2, 0.25) is 0 Å². The quantitative estimate of drug-likeness (QED) is 0.783. The lowest BCUT2D eigenvalue weighted by Crippen LogP contribution is -2.28. The fourth-order valence-electron chi connectivity index (χ4n) is 2.14. The molecule has 0 radical (unpaired) electrons. The Morgan fingerprint density at radius 1 is 1.32 bits per heavy atom. The van der Waals surface area contributed by atoms with Crippen LogP contribution < -0.4 is 15.4 Å². The molecule has 0 aliphatic heterocycles. The van der Waals surface area contributed by atoms with Crippen LogP contribution in [0.4, 0.5) is 10.5 Å². The summed E-state index contributed by atoms with van der Waals surface area (Å²) in [4.78, 5) is 23.9. The van der Waals surface area contributed by atoms with Crippen LogP contribution >= 0.6 is 0 Å². The van der Waals surface area contributed by atoms with E-state index in [1.165, 1.54) is 13.2 Å². The van der Waals surface area contributed by atoms with E-state index in [-0.39, 0.29) is 6.10 Å². The Hall–Kier alpha value is -3.03. The van der Waals surface area contributed by atoms with Crippen LogP contribution in [0.15, 0.2) is 30.6 Å². The van der Waals surface area contributed by atoms with Gasteiger partial charge in [-0.1, -0.05) is 0 Å². The van der Waals surface area contributed by atoms with Gasteiger partial charge in [-0.05, 0) is 32.0 Å². The first-order valence-electron chi connectivity index (χ1n) is 7.80. The number of rotatable bonds is 6. The molecule has 2 amide bonds. The van der Waals surface area contributed by atoms with Gasteiger partial charge >= 0.3 is 12.0 Å². The fourth-order valence-corrected chi connectivity index (χ4v) is 2.14. The van der Waals surface area contributed by atoms with Crippen molar-refractivity contribution in [3.8, 4) is 5.75 Å². The summed E-state index contributed by atoms with van der Waals surface area (Å²) in [6.07, 6.45) is 3.40. The van der Waals surface area contributed by atoms with Crippen molar-refractivity contribution in [3.05, 3.63) is 41.7 Å².